The number of anilines is 1. The van der Waals surface area contributed by atoms with Gasteiger partial charge in [-0.15, -0.1) is 0 Å². The van der Waals surface area contributed by atoms with Crippen molar-refractivity contribution in [1.82, 2.24) is 10.2 Å². The second kappa shape index (κ2) is 6.97. The number of rotatable bonds is 4. The second-order valence-corrected chi connectivity index (χ2v) is 6.09. The summed E-state index contributed by atoms with van der Waals surface area (Å²) >= 11 is 0. The zero-order valence-electron chi connectivity index (χ0n) is 14.1. The lowest BCUT2D eigenvalue weighted by atomic mass is 10.1. The third-order valence-corrected chi connectivity index (χ3v) is 4.51. The van der Waals surface area contributed by atoms with E-state index in [-0.39, 0.29) is 10.6 Å². The molecule has 1 saturated heterocycles. The van der Waals surface area contributed by atoms with E-state index < -0.39 is 0 Å². The summed E-state index contributed by atoms with van der Waals surface area (Å²) in [5.41, 5.74) is 3.18. The van der Waals surface area contributed by atoms with E-state index in [4.69, 9.17) is 4.74 Å². The number of para-hydroxylation sites is 1. The Morgan fingerprint density at radius 3 is 2.77 bits per heavy atom. The van der Waals surface area contributed by atoms with Crippen LogP contribution >= 0.6 is 0 Å². The summed E-state index contributed by atoms with van der Waals surface area (Å²) in [5, 5.41) is 19.8. The van der Waals surface area contributed by atoms with Crippen LogP contribution in [-0.2, 0) is 4.74 Å². The maximum Gasteiger partial charge on any atom is 0.278 e. The molecule has 0 spiro atoms. The number of hydrogen-bond acceptors (Lipinski definition) is 5. The molecule has 26 heavy (non-hydrogen) atoms. The Labute approximate surface area is 150 Å². The van der Waals surface area contributed by atoms with Crippen molar-refractivity contribution >= 4 is 34.4 Å². The van der Waals surface area contributed by atoms with E-state index >= 15 is 0 Å². The molecule has 0 radical (unpaired) electrons. The first-order valence-corrected chi connectivity index (χ1v) is 8.45. The fourth-order valence-electron chi connectivity index (χ4n) is 3.13. The van der Waals surface area contributed by atoms with E-state index in [9.17, 15) is 10.1 Å². The van der Waals surface area contributed by atoms with Gasteiger partial charge in [0.2, 0.25) is 0 Å². The topological polar surface area (TPSA) is 84.3 Å². The number of nitrogens with zero attached hydrogens (tertiary/aromatic N) is 3. The fraction of sp³-hybridized carbons (Fsp3) is 0.211. The van der Waals surface area contributed by atoms with Gasteiger partial charge < -0.3 is 9.64 Å². The van der Waals surface area contributed by atoms with Crippen molar-refractivity contribution in [3.05, 3.63) is 63.8 Å². The maximum atomic E-state index is 11.5. The fourth-order valence-corrected chi connectivity index (χ4v) is 3.13. The Balaban J connectivity index is 1.66. The molecule has 0 unspecified atom stereocenters. The molecule has 0 aliphatic carbocycles. The first-order valence-electron chi connectivity index (χ1n) is 8.45. The molecule has 0 saturated carbocycles. The monoisotopic (exact) mass is 350 g/mol. The SMILES string of the molecule is O=[N+]([O-])c1cc(N2CCOCC2)ccc1/C=C/c1n[nH]c2ccccc12. The summed E-state index contributed by atoms with van der Waals surface area (Å²) in [6.07, 6.45) is 3.54. The number of nitrogens with one attached hydrogen (secondary N) is 1. The van der Waals surface area contributed by atoms with Gasteiger partial charge in [0, 0.05) is 30.2 Å². The number of benzene rings is 2. The van der Waals surface area contributed by atoms with E-state index in [2.05, 4.69) is 15.1 Å². The van der Waals surface area contributed by atoms with Crippen LogP contribution in [0.4, 0.5) is 11.4 Å². The van der Waals surface area contributed by atoms with Crippen molar-refractivity contribution in [3.63, 3.8) is 0 Å². The van der Waals surface area contributed by atoms with Crippen molar-refractivity contribution in [1.29, 1.82) is 0 Å². The third kappa shape index (κ3) is 3.16. The highest BCUT2D eigenvalue weighted by molar-refractivity contribution is 5.90. The van der Waals surface area contributed by atoms with Crippen LogP contribution in [0.5, 0.6) is 0 Å². The van der Waals surface area contributed by atoms with E-state index in [0.717, 1.165) is 35.4 Å². The van der Waals surface area contributed by atoms with Crippen LogP contribution in [0.1, 0.15) is 11.3 Å². The Morgan fingerprint density at radius 2 is 1.96 bits per heavy atom. The van der Waals surface area contributed by atoms with Crippen molar-refractivity contribution < 1.29 is 9.66 Å². The minimum absolute atomic E-state index is 0.0880. The standard InChI is InChI=1S/C19H18N4O3/c24-23(25)19-13-15(22-9-11-26-12-10-22)7-5-14(19)6-8-18-16-3-1-2-4-17(16)20-21-18/h1-8,13H,9-12H2,(H,20,21)/b8-6+. The molecule has 1 N–H and O–H groups in total. The van der Waals surface area contributed by atoms with Gasteiger partial charge in [-0.3, -0.25) is 15.2 Å². The minimum atomic E-state index is -0.341. The average Bonchev–Trinajstić information content (AvgIpc) is 3.10. The van der Waals surface area contributed by atoms with Crippen LogP contribution in [0.25, 0.3) is 23.1 Å². The molecule has 1 aliphatic heterocycles. The van der Waals surface area contributed by atoms with Crippen LogP contribution < -0.4 is 4.90 Å². The van der Waals surface area contributed by atoms with Crippen LogP contribution in [0.3, 0.4) is 0 Å². The molecule has 7 nitrogen and oxygen atoms in total. The Bertz CT molecular complexity index is 974. The summed E-state index contributed by atoms with van der Waals surface area (Å²) in [4.78, 5) is 13.3. The number of H-pyrrole nitrogens is 1. The predicted molar refractivity (Wildman–Crippen MR) is 101 cm³/mol. The number of morpholine rings is 1. The molecule has 1 fully saturated rings. The highest BCUT2D eigenvalue weighted by Gasteiger charge is 2.17. The van der Waals surface area contributed by atoms with Crippen LogP contribution in [-0.4, -0.2) is 41.4 Å². The van der Waals surface area contributed by atoms with Crippen LogP contribution in [0.15, 0.2) is 42.5 Å². The van der Waals surface area contributed by atoms with Crippen LogP contribution in [0, 0.1) is 10.1 Å². The van der Waals surface area contributed by atoms with Crippen LogP contribution in [0.2, 0.25) is 0 Å². The van der Waals surface area contributed by atoms with Gasteiger partial charge in [0.15, 0.2) is 0 Å². The maximum absolute atomic E-state index is 11.5. The van der Waals surface area contributed by atoms with E-state index in [1.807, 2.05) is 30.3 Å². The zero-order valence-corrected chi connectivity index (χ0v) is 14.1. The molecular formula is C19H18N4O3. The molecule has 2 aromatic carbocycles. The second-order valence-electron chi connectivity index (χ2n) is 6.09. The molecule has 1 aromatic heterocycles. The third-order valence-electron chi connectivity index (χ3n) is 4.51. The number of ether oxygens (including phenoxy) is 1. The smallest absolute Gasteiger partial charge is 0.278 e. The first-order chi connectivity index (χ1) is 12.7. The summed E-state index contributed by atoms with van der Waals surface area (Å²) in [6.45, 7) is 2.76. The Kier molecular flexibility index (Phi) is 4.37. The molecule has 7 heteroatoms. The minimum Gasteiger partial charge on any atom is -0.378 e. The molecule has 2 heterocycles. The number of fused-ring (bicyclic) bond motifs is 1. The average molecular weight is 350 g/mol. The van der Waals surface area contributed by atoms with E-state index in [1.54, 1.807) is 24.3 Å². The lowest BCUT2D eigenvalue weighted by molar-refractivity contribution is -0.385. The van der Waals surface area contributed by atoms with Gasteiger partial charge in [0.05, 0.1) is 34.9 Å². The first kappa shape index (κ1) is 16.3. The molecule has 0 bridgehead atoms. The molecule has 0 atom stereocenters. The number of nitro benzene ring substituents is 1. The molecule has 1 aliphatic rings. The molecule has 3 aromatic rings. The largest absolute Gasteiger partial charge is 0.378 e. The number of aromatic amines is 1. The van der Waals surface area contributed by atoms with Crippen molar-refractivity contribution in [2.45, 2.75) is 0 Å². The van der Waals surface area contributed by atoms with Gasteiger partial charge in [-0.25, -0.2) is 0 Å². The van der Waals surface area contributed by atoms with Gasteiger partial charge in [-0.1, -0.05) is 18.2 Å². The molecule has 132 valence electrons. The Morgan fingerprint density at radius 1 is 1.15 bits per heavy atom. The van der Waals surface area contributed by atoms with Gasteiger partial charge >= 0.3 is 0 Å². The summed E-state index contributed by atoms with van der Waals surface area (Å²) in [7, 11) is 0. The summed E-state index contributed by atoms with van der Waals surface area (Å²) in [6, 6.07) is 13.1. The summed E-state index contributed by atoms with van der Waals surface area (Å²) < 4.78 is 5.34. The van der Waals surface area contributed by atoms with Crippen molar-refractivity contribution in [2.24, 2.45) is 0 Å². The van der Waals surface area contributed by atoms with Gasteiger partial charge in [0.1, 0.15) is 0 Å². The highest BCUT2D eigenvalue weighted by atomic mass is 16.6. The zero-order chi connectivity index (χ0) is 17.9. The van der Waals surface area contributed by atoms with Gasteiger partial charge in [-0.05, 0) is 30.4 Å². The normalized spacial score (nSPS) is 15.0. The molecular weight excluding hydrogens is 332 g/mol. The van der Waals surface area contributed by atoms with Gasteiger partial charge in [0.25, 0.3) is 5.69 Å². The van der Waals surface area contributed by atoms with Crippen molar-refractivity contribution in [2.75, 3.05) is 31.2 Å². The van der Waals surface area contributed by atoms with Gasteiger partial charge in [-0.2, -0.15) is 5.10 Å². The van der Waals surface area contributed by atoms with Crippen molar-refractivity contribution in [3.8, 4) is 0 Å². The summed E-state index contributed by atoms with van der Waals surface area (Å²) in [5.74, 6) is 0. The quantitative estimate of drug-likeness (QED) is 0.575. The predicted octanol–water partition coefficient (Wildman–Crippen LogP) is 3.48. The molecule has 4 rings (SSSR count). The van der Waals surface area contributed by atoms with E-state index in [1.165, 1.54) is 0 Å². The Hall–Kier alpha value is -3.19. The number of aromatic nitrogens is 2. The lowest BCUT2D eigenvalue weighted by Gasteiger charge is -2.28. The lowest BCUT2D eigenvalue weighted by Crippen LogP contribution is -2.36. The molecule has 0 amide bonds. The number of nitro groups is 1. The highest BCUT2D eigenvalue weighted by Crippen LogP contribution is 2.28. The van der Waals surface area contributed by atoms with E-state index in [0.29, 0.717) is 18.8 Å². The number of hydrogen-bond donors (Lipinski definition) is 1.